The zero-order chi connectivity index (χ0) is 18.8. The van der Waals surface area contributed by atoms with E-state index < -0.39 is 5.82 Å². The Morgan fingerprint density at radius 3 is 2.54 bits per heavy atom. The van der Waals surface area contributed by atoms with Crippen molar-refractivity contribution in [3.8, 4) is 0 Å². The van der Waals surface area contributed by atoms with E-state index in [-0.39, 0.29) is 30.3 Å². The predicted molar refractivity (Wildman–Crippen MR) is 108 cm³/mol. The van der Waals surface area contributed by atoms with Gasteiger partial charge in [-0.25, -0.2) is 4.39 Å². The number of fused-ring (bicyclic) bond motifs is 1. The number of carbonyl (C=O) groups excluding carboxylic acids is 2. The van der Waals surface area contributed by atoms with Crippen LogP contribution in [0.15, 0.2) is 24.3 Å². The molecule has 3 fully saturated rings. The lowest BCUT2D eigenvalue weighted by Crippen LogP contribution is -2.46. The number of carbonyl (C=O) groups is 2. The zero-order valence-electron chi connectivity index (χ0n) is 16.1. The van der Waals surface area contributed by atoms with Crippen molar-refractivity contribution in [3.63, 3.8) is 0 Å². The molecule has 1 saturated carbocycles. The lowest BCUT2D eigenvalue weighted by atomic mass is 9.85. The molecule has 4 rings (SSSR count). The van der Waals surface area contributed by atoms with Gasteiger partial charge in [0.25, 0.3) is 5.91 Å². The first-order valence-corrected chi connectivity index (χ1v) is 10.2. The van der Waals surface area contributed by atoms with Gasteiger partial charge in [-0.3, -0.25) is 9.59 Å². The first-order valence-electron chi connectivity index (χ1n) is 10.2. The van der Waals surface area contributed by atoms with Gasteiger partial charge >= 0.3 is 0 Å². The fraction of sp³-hybridized carbons (Fsp3) is 0.619. The van der Waals surface area contributed by atoms with E-state index in [1.165, 1.54) is 37.8 Å². The van der Waals surface area contributed by atoms with Gasteiger partial charge in [0, 0.05) is 37.8 Å². The molecule has 3 aliphatic rings. The molecule has 3 unspecified atom stereocenters. The molecule has 2 amide bonds. The van der Waals surface area contributed by atoms with Crippen LogP contribution in [-0.4, -0.2) is 59.9 Å². The summed E-state index contributed by atoms with van der Waals surface area (Å²) in [6.07, 6.45) is 6.67. The first-order chi connectivity index (χ1) is 13.1. The van der Waals surface area contributed by atoms with Crippen LogP contribution in [0, 0.1) is 11.7 Å². The summed E-state index contributed by atoms with van der Waals surface area (Å²) in [7, 11) is 0. The maximum atomic E-state index is 13.4. The average Bonchev–Trinajstić information content (AvgIpc) is 2.96. The summed E-state index contributed by atoms with van der Waals surface area (Å²) in [6.45, 7) is 2.33. The molecule has 0 aromatic heterocycles. The molecule has 5 nitrogen and oxygen atoms in total. The molecule has 1 aromatic carbocycles. The Kier molecular flexibility index (Phi) is 6.94. The molecule has 154 valence electrons. The number of hydrogen-bond donors (Lipinski definition) is 1. The van der Waals surface area contributed by atoms with Crippen LogP contribution in [-0.2, 0) is 4.79 Å². The normalized spacial score (nSPS) is 27.5. The second-order valence-corrected chi connectivity index (χ2v) is 8.09. The number of hydrogen-bond acceptors (Lipinski definition) is 3. The molecular formula is C21H29ClFN3O2. The van der Waals surface area contributed by atoms with Crippen molar-refractivity contribution < 1.29 is 14.0 Å². The molecule has 2 heterocycles. The molecule has 2 saturated heterocycles. The summed E-state index contributed by atoms with van der Waals surface area (Å²) in [6, 6.07) is 6.26. The average molecular weight is 410 g/mol. The van der Waals surface area contributed by atoms with Crippen LogP contribution < -0.4 is 5.32 Å². The van der Waals surface area contributed by atoms with Crippen molar-refractivity contribution in [2.24, 2.45) is 5.92 Å². The molecule has 28 heavy (non-hydrogen) atoms. The van der Waals surface area contributed by atoms with Gasteiger partial charge in [0.05, 0.1) is 6.04 Å². The second kappa shape index (κ2) is 9.23. The topological polar surface area (TPSA) is 52.7 Å². The Labute approximate surface area is 172 Å². The highest BCUT2D eigenvalue weighted by atomic mass is 35.5. The highest BCUT2D eigenvalue weighted by molar-refractivity contribution is 5.94. The molecule has 1 aromatic rings. The quantitative estimate of drug-likeness (QED) is 0.817. The largest absolute Gasteiger partial charge is 0.340 e. The van der Waals surface area contributed by atoms with E-state index in [4.69, 9.17) is 0 Å². The lowest BCUT2D eigenvalue weighted by Gasteiger charge is -2.25. The van der Waals surface area contributed by atoms with Crippen molar-refractivity contribution in [2.75, 3.05) is 26.2 Å². The monoisotopic (exact) mass is 409 g/mol. The van der Waals surface area contributed by atoms with Gasteiger partial charge in [-0.05, 0) is 49.8 Å². The maximum absolute atomic E-state index is 13.4. The minimum absolute atomic E-state index is 0. The fourth-order valence-electron chi connectivity index (χ4n) is 4.88. The van der Waals surface area contributed by atoms with Crippen LogP contribution in [0.5, 0.6) is 0 Å². The van der Waals surface area contributed by atoms with Crippen molar-refractivity contribution in [1.82, 2.24) is 15.1 Å². The van der Waals surface area contributed by atoms with E-state index in [2.05, 4.69) is 5.32 Å². The molecule has 2 aliphatic heterocycles. The molecule has 0 bridgehead atoms. The van der Waals surface area contributed by atoms with Gasteiger partial charge < -0.3 is 15.1 Å². The number of nitrogens with one attached hydrogen (secondary N) is 1. The number of rotatable bonds is 2. The lowest BCUT2D eigenvalue weighted by molar-refractivity contribution is -0.133. The first kappa shape index (κ1) is 21.1. The molecule has 7 heteroatoms. The minimum Gasteiger partial charge on any atom is -0.340 e. The van der Waals surface area contributed by atoms with Gasteiger partial charge in [0.2, 0.25) is 5.91 Å². The van der Waals surface area contributed by atoms with Crippen LogP contribution in [0.2, 0.25) is 0 Å². The molecule has 1 aliphatic carbocycles. The van der Waals surface area contributed by atoms with Crippen molar-refractivity contribution in [3.05, 3.63) is 35.6 Å². The third-order valence-electron chi connectivity index (χ3n) is 6.33. The van der Waals surface area contributed by atoms with Crippen molar-refractivity contribution >= 4 is 24.2 Å². The van der Waals surface area contributed by atoms with E-state index in [0.29, 0.717) is 43.7 Å². The van der Waals surface area contributed by atoms with E-state index >= 15 is 0 Å². The third kappa shape index (κ3) is 4.49. The van der Waals surface area contributed by atoms with E-state index in [9.17, 15) is 14.0 Å². The third-order valence-corrected chi connectivity index (χ3v) is 6.33. The zero-order valence-corrected chi connectivity index (χ0v) is 16.9. The van der Waals surface area contributed by atoms with Crippen LogP contribution >= 0.6 is 12.4 Å². The second-order valence-electron chi connectivity index (χ2n) is 8.09. The Balaban J connectivity index is 0.00000225. The van der Waals surface area contributed by atoms with Crippen LogP contribution in [0.4, 0.5) is 4.39 Å². The van der Waals surface area contributed by atoms with Crippen molar-refractivity contribution in [1.29, 1.82) is 0 Å². The molecule has 0 spiro atoms. The van der Waals surface area contributed by atoms with Gasteiger partial charge in [-0.2, -0.15) is 0 Å². The van der Waals surface area contributed by atoms with E-state index in [1.807, 2.05) is 4.90 Å². The fourth-order valence-corrected chi connectivity index (χ4v) is 4.88. The number of amides is 2. The van der Waals surface area contributed by atoms with Gasteiger partial charge in [0.15, 0.2) is 0 Å². The minimum atomic E-state index is -0.402. The Hall–Kier alpha value is -1.66. The molecule has 1 N–H and O–H groups in total. The highest BCUT2D eigenvalue weighted by Gasteiger charge is 2.40. The summed E-state index contributed by atoms with van der Waals surface area (Å²) in [4.78, 5) is 29.3. The highest BCUT2D eigenvalue weighted by Crippen LogP contribution is 2.33. The number of halogens is 2. The van der Waals surface area contributed by atoms with Crippen LogP contribution in [0.25, 0.3) is 0 Å². The Morgan fingerprint density at radius 2 is 1.75 bits per heavy atom. The van der Waals surface area contributed by atoms with Crippen molar-refractivity contribution in [2.45, 2.75) is 50.6 Å². The summed E-state index contributed by atoms with van der Waals surface area (Å²) in [5, 5.41) is 3.56. The summed E-state index contributed by atoms with van der Waals surface area (Å²) in [5.41, 5.74) is 0.372. The predicted octanol–water partition coefficient (Wildman–Crippen LogP) is 2.84. The molecule has 3 atom stereocenters. The van der Waals surface area contributed by atoms with E-state index in [1.54, 1.807) is 17.0 Å². The summed E-state index contributed by atoms with van der Waals surface area (Å²) in [5.74, 6) is 0.269. The summed E-state index contributed by atoms with van der Waals surface area (Å²) >= 11 is 0. The number of benzene rings is 1. The van der Waals surface area contributed by atoms with Gasteiger partial charge in [-0.15, -0.1) is 12.4 Å². The Morgan fingerprint density at radius 1 is 1.00 bits per heavy atom. The van der Waals surface area contributed by atoms with E-state index in [0.717, 1.165) is 12.8 Å². The Bertz CT molecular complexity index is 703. The van der Waals surface area contributed by atoms with Crippen LogP contribution in [0.3, 0.4) is 0 Å². The van der Waals surface area contributed by atoms with Gasteiger partial charge in [0.1, 0.15) is 5.82 Å². The molecular weight excluding hydrogens is 381 g/mol. The van der Waals surface area contributed by atoms with Gasteiger partial charge in [-0.1, -0.05) is 18.9 Å². The SMILES string of the molecule is Cl.O=C(c1cccc(F)c1)N1CCCN(C(=O)C2CC3CCCCC3N2)CC1. The van der Waals surface area contributed by atoms with Crippen LogP contribution in [0.1, 0.15) is 48.9 Å². The smallest absolute Gasteiger partial charge is 0.254 e. The number of nitrogens with zero attached hydrogens (tertiary/aromatic N) is 2. The molecule has 0 radical (unpaired) electrons. The maximum Gasteiger partial charge on any atom is 0.254 e. The standard InChI is InChI=1S/C21H28FN3O2.ClH/c22-17-7-3-6-16(13-17)20(26)24-9-4-10-25(12-11-24)21(27)19-14-15-5-1-2-8-18(15)23-19;/h3,6-7,13,15,18-19,23H,1-2,4-5,8-12,14H2;1H. The summed E-state index contributed by atoms with van der Waals surface area (Å²) < 4.78 is 13.4.